The van der Waals surface area contributed by atoms with Gasteiger partial charge in [0.25, 0.3) is 0 Å². The van der Waals surface area contributed by atoms with Gasteiger partial charge in [-0.25, -0.2) is 4.98 Å². The molecule has 26 heavy (non-hydrogen) atoms. The van der Waals surface area contributed by atoms with Crippen LogP contribution in [0.25, 0.3) is 32.9 Å². The minimum Gasteiger partial charge on any atom is -0.474 e. The average molecular weight is 343 g/mol. The second kappa shape index (κ2) is 5.84. The lowest BCUT2D eigenvalue weighted by Gasteiger charge is -2.32. The molecule has 1 aliphatic carbocycles. The minimum absolute atomic E-state index is 0.337. The first-order valence-corrected chi connectivity index (χ1v) is 9.14. The standard InChI is InChI=1S/C22H21N3O/c1-14-9-17(10-14)26-22-6-4-16(12-24-22)15-3-5-18-19-13-23-8-7-20(19)25(2)21(18)11-15/h3-8,11-14,17H,9-10H2,1-2H3. The quantitative estimate of drug-likeness (QED) is 0.527. The van der Waals surface area contributed by atoms with Crippen molar-refractivity contribution in [2.75, 3.05) is 0 Å². The van der Waals surface area contributed by atoms with Gasteiger partial charge in [-0.1, -0.05) is 19.1 Å². The van der Waals surface area contributed by atoms with Gasteiger partial charge >= 0.3 is 0 Å². The molecule has 1 saturated carbocycles. The van der Waals surface area contributed by atoms with Crippen LogP contribution < -0.4 is 4.74 Å². The monoisotopic (exact) mass is 343 g/mol. The summed E-state index contributed by atoms with van der Waals surface area (Å²) in [6.07, 6.45) is 8.29. The zero-order valence-corrected chi connectivity index (χ0v) is 15.0. The Morgan fingerprint density at radius 1 is 0.962 bits per heavy atom. The SMILES string of the molecule is CC1CC(Oc2ccc(-c3ccc4c5cnccc5n(C)c4c3)cn2)C1. The van der Waals surface area contributed by atoms with Crippen molar-refractivity contribution in [1.29, 1.82) is 0 Å². The molecule has 0 radical (unpaired) electrons. The van der Waals surface area contributed by atoms with E-state index in [2.05, 4.69) is 58.8 Å². The van der Waals surface area contributed by atoms with Crippen molar-refractivity contribution in [2.24, 2.45) is 13.0 Å². The van der Waals surface area contributed by atoms with Crippen molar-refractivity contribution >= 4 is 21.8 Å². The number of nitrogens with zero attached hydrogens (tertiary/aromatic N) is 3. The largest absolute Gasteiger partial charge is 0.474 e. The molecule has 4 aromatic rings. The van der Waals surface area contributed by atoms with Gasteiger partial charge in [0.05, 0.1) is 5.52 Å². The Balaban J connectivity index is 1.48. The first-order chi connectivity index (χ1) is 12.7. The molecule has 1 aromatic carbocycles. The van der Waals surface area contributed by atoms with Crippen molar-refractivity contribution in [1.82, 2.24) is 14.5 Å². The van der Waals surface area contributed by atoms with Crippen LogP contribution in [0.4, 0.5) is 0 Å². The van der Waals surface area contributed by atoms with Crippen LogP contribution in [0.1, 0.15) is 19.8 Å². The van der Waals surface area contributed by atoms with Crippen molar-refractivity contribution < 1.29 is 4.74 Å². The minimum atomic E-state index is 0.337. The molecule has 1 fully saturated rings. The summed E-state index contributed by atoms with van der Waals surface area (Å²) in [7, 11) is 2.10. The molecule has 5 rings (SSSR count). The van der Waals surface area contributed by atoms with Crippen molar-refractivity contribution in [3.8, 4) is 17.0 Å². The highest BCUT2D eigenvalue weighted by Gasteiger charge is 2.27. The van der Waals surface area contributed by atoms with Crippen LogP contribution in [0.5, 0.6) is 5.88 Å². The summed E-state index contributed by atoms with van der Waals surface area (Å²) in [5.74, 6) is 1.50. The number of hydrogen-bond donors (Lipinski definition) is 0. The second-order valence-corrected chi connectivity index (χ2v) is 7.39. The van der Waals surface area contributed by atoms with Gasteiger partial charge in [0.15, 0.2) is 0 Å². The topological polar surface area (TPSA) is 39.9 Å². The number of fused-ring (bicyclic) bond motifs is 3. The molecule has 0 amide bonds. The Labute approximate surface area is 152 Å². The van der Waals surface area contributed by atoms with Crippen LogP contribution in [0.2, 0.25) is 0 Å². The molecule has 4 nitrogen and oxygen atoms in total. The van der Waals surface area contributed by atoms with Gasteiger partial charge in [-0.15, -0.1) is 0 Å². The highest BCUT2D eigenvalue weighted by molar-refractivity contribution is 6.08. The summed E-state index contributed by atoms with van der Waals surface area (Å²) < 4.78 is 8.14. The highest BCUT2D eigenvalue weighted by Crippen LogP contribution is 2.32. The van der Waals surface area contributed by atoms with Gasteiger partial charge in [0, 0.05) is 53.6 Å². The van der Waals surface area contributed by atoms with Gasteiger partial charge in [0.1, 0.15) is 6.10 Å². The van der Waals surface area contributed by atoms with Crippen LogP contribution in [0.15, 0.2) is 55.0 Å². The molecule has 130 valence electrons. The van der Waals surface area contributed by atoms with E-state index in [1.54, 1.807) is 0 Å². The van der Waals surface area contributed by atoms with E-state index in [4.69, 9.17) is 4.74 Å². The van der Waals surface area contributed by atoms with Crippen molar-refractivity contribution in [3.63, 3.8) is 0 Å². The second-order valence-electron chi connectivity index (χ2n) is 7.39. The Morgan fingerprint density at radius 3 is 2.58 bits per heavy atom. The smallest absolute Gasteiger partial charge is 0.213 e. The van der Waals surface area contributed by atoms with E-state index in [0.29, 0.717) is 6.10 Å². The average Bonchev–Trinajstić information content (AvgIpc) is 2.94. The molecule has 0 atom stereocenters. The molecular formula is C22H21N3O. The number of aryl methyl sites for hydroxylation is 1. The predicted molar refractivity (Wildman–Crippen MR) is 104 cm³/mol. The first kappa shape index (κ1) is 15.4. The molecule has 0 bridgehead atoms. The van der Waals surface area contributed by atoms with Gasteiger partial charge in [-0.05, 0) is 42.5 Å². The summed E-state index contributed by atoms with van der Waals surface area (Å²) in [5, 5.41) is 2.42. The molecule has 0 saturated heterocycles. The van der Waals surface area contributed by atoms with E-state index in [-0.39, 0.29) is 0 Å². The summed E-state index contributed by atoms with van der Waals surface area (Å²) >= 11 is 0. The van der Waals surface area contributed by atoms with Crippen molar-refractivity contribution in [2.45, 2.75) is 25.9 Å². The summed E-state index contributed by atoms with van der Waals surface area (Å²) in [6, 6.07) is 12.7. The van der Waals surface area contributed by atoms with Crippen LogP contribution >= 0.6 is 0 Å². The normalized spacial score (nSPS) is 19.6. The summed E-state index contributed by atoms with van der Waals surface area (Å²) in [4.78, 5) is 8.78. The fourth-order valence-corrected chi connectivity index (χ4v) is 3.95. The lowest BCUT2D eigenvalue weighted by molar-refractivity contribution is 0.0696. The number of rotatable bonds is 3. The molecule has 3 aromatic heterocycles. The molecular weight excluding hydrogens is 322 g/mol. The third kappa shape index (κ3) is 2.45. The maximum Gasteiger partial charge on any atom is 0.213 e. The Kier molecular flexibility index (Phi) is 3.45. The molecule has 0 spiro atoms. The van der Waals surface area contributed by atoms with E-state index >= 15 is 0 Å². The van der Waals surface area contributed by atoms with E-state index in [9.17, 15) is 0 Å². The third-order valence-electron chi connectivity index (χ3n) is 5.50. The van der Waals surface area contributed by atoms with Gasteiger partial charge < -0.3 is 9.30 Å². The van der Waals surface area contributed by atoms with Gasteiger partial charge in [0.2, 0.25) is 5.88 Å². The maximum atomic E-state index is 5.92. The Hall–Kier alpha value is -2.88. The van der Waals surface area contributed by atoms with Gasteiger partial charge in [-0.3, -0.25) is 4.98 Å². The number of ether oxygens (including phenoxy) is 1. The van der Waals surface area contributed by atoms with E-state index in [1.807, 2.05) is 24.7 Å². The summed E-state index contributed by atoms with van der Waals surface area (Å²) in [5.41, 5.74) is 4.66. The van der Waals surface area contributed by atoms with Crippen molar-refractivity contribution in [3.05, 3.63) is 55.0 Å². The number of hydrogen-bond acceptors (Lipinski definition) is 3. The van der Waals surface area contributed by atoms with Crippen LogP contribution in [-0.2, 0) is 7.05 Å². The number of benzene rings is 1. The molecule has 0 aliphatic heterocycles. The number of pyridine rings is 2. The van der Waals surface area contributed by atoms with Crippen LogP contribution in [-0.4, -0.2) is 20.6 Å². The summed E-state index contributed by atoms with van der Waals surface area (Å²) in [6.45, 7) is 2.26. The fourth-order valence-electron chi connectivity index (χ4n) is 3.95. The fraction of sp³-hybridized carbons (Fsp3) is 0.273. The highest BCUT2D eigenvalue weighted by atomic mass is 16.5. The van der Waals surface area contributed by atoms with E-state index < -0.39 is 0 Å². The molecule has 3 heterocycles. The van der Waals surface area contributed by atoms with Crippen LogP contribution in [0, 0.1) is 5.92 Å². The lowest BCUT2D eigenvalue weighted by atomic mass is 9.84. The third-order valence-corrected chi connectivity index (χ3v) is 5.50. The van der Waals surface area contributed by atoms with Gasteiger partial charge in [-0.2, -0.15) is 0 Å². The maximum absolute atomic E-state index is 5.92. The molecule has 1 aliphatic rings. The van der Waals surface area contributed by atoms with E-state index in [0.717, 1.165) is 35.8 Å². The zero-order chi connectivity index (χ0) is 17.7. The van der Waals surface area contributed by atoms with Crippen LogP contribution in [0.3, 0.4) is 0 Å². The molecule has 0 unspecified atom stereocenters. The Bertz CT molecular complexity index is 1090. The first-order valence-electron chi connectivity index (χ1n) is 9.14. The predicted octanol–water partition coefficient (Wildman–Crippen LogP) is 4.97. The number of aromatic nitrogens is 3. The zero-order valence-electron chi connectivity index (χ0n) is 15.0. The lowest BCUT2D eigenvalue weighted by Crippen LogP contribution is -2.32. The van der Waals surface area contributed by atoms with E-state index in [1.165, 1.54) is 21.8 Å². The molecule has 0 N–H and O–H groups in total. The molecule has 4 heteroatoms. The Morgan fingerprint density at radius 2 is 1.81 bits per heavy atom.